The summed E-state index contributed by atoms with van der Waals surface area (Å²) in [6.45, 7) is 0. The molecule has 0 saturated carbocycles. The lowest BCUT2D eigenvalue weighted by molar-refractivity contribution is 0.0941. The second-order valence-corrected chi connectivity index (χ2v) is 6.55. The molecule has 1 amide bonds. The number of hydrogen-bond donors (Lipinski definition) is 1. The zero-order valence-electron chi connectivity index (χ0n) is 11.2. The maximum absolute atomic E-state index is 12.3. The molecule has 0 heterocycles. The van der Waals surface area contributed by atoms with Gasteiger partial charge in [0.2, 0.25) is 0 Å². The van der Waals surface area contributed by atoms with Crippen LogP contribution in [0, 0.1) is 0 Å². The Bertz CT molecular complexity index is 619. The summed E-state index contributed by atoms with van der Waals surface area (Å²) >= 11 is 12.8. The van der Waals surface area contributed by atoms with Crippen LogP contribution in [0.4, 0.5) is 0 Å². The predicted molar refractivity (Wildman–Crippen MR) is 94.3 cm³/mol. The Balaban J connectivity index is 2.04. The highest BCUT2D eigenvalue weighted by Gasteiger charge is 2.14. The molecule has 0 aliphatic carbocycles. The highest BCUT2D eigenvalue weighted by molar-refractivity contribution is 9.10. The van der Waals surface area contributed by atoms with E-state index in [1.165, 1.54) is 5.56 Å². The monoisotopic (exact) mass is 429 g/mol. The van der Waals surface area contributed by atoms with Gasteiger partial charge in [-0.3, -0.25) is 4.79 Å². The van der Waals surface area contributed by atoms with Crippen molar-refractivity contribution >= 4 is 49.4 Å². The zero-order valence-corrected chi connectivity index (χ0v) is 15.1. The Morgan fingerprint density at radius 2 is 1.90 bits per heavy atom. The quantitative estimate of drug-likeness (QED) is 0.675. The summed E-state index contributed by atoms with van der Waals surface area (Å²) in [4.78, 5) is 12.3. The van der Waals surface area contributed by atoms with Crippen LogP contribution < -0.4 is 5.32 Å². The van der Waals surface area contributed by atoms with Gasteiger partial charge in [0.25, 0.3) is 5.91 Å². The molecule has 21 heavy (non-hydrogen) atoms. The SMILES string of the molecule is O=C(NC(CBr)Cc1ccccc1)c1ccc(Br)c(Cl)c1. The van der Waals surface area contributed by atoms with Gasteiger partial charge in [0, 0.05) is 21.4 Å². The molecule has 2 aromatic rings. The number of benzene rings is 2. The average molecular weight is 432 g/mol. The molecule has 110 valence electrons. The Morgan fingerprint density at radius 3 is 2.52 bits per heavy atom. The van der Waals surface area contributed by atoms with Gasteiger partial charge < -0.3 is 5.32 Å². The van der Waals surface area contributed by atoms with E-state index in [-0.39, 0.29) is 11.9 Å². The third-order valence-corrected chi connectivity index (χ3v) is 5.04. The first-order valence-corrected chi connectivity index (χ1v) is 8.75. The molecule has 2 rings (SSSR count). The largest absolute Gasteiger partial charge is 0.348 e. The van der Waals surface area contributed by atoms with Gasteiger partial charge in [0.05, 0.1) is 5.02 Å². The minimum absolute atomic E-state index is 0.0299. The van der Waals surface area contributed by atoms with Gasteiger partial charge >= 0.3 is 0 Å². The number of nitrogens with one attached hydrogen (secondary N) is 1. The molecule has 0 bridgehead atoms. The van der Waals surface area contributed by atoms with Gasteiger partial charge in [-0.25, -0.2) is 0 Å². The van der Waals surface area contributed by atoms with Crippen molar-refractivity contribution in [3.05, 3.63) is 69.2 Å². The summed E-state index contributed by atoms with van der Waals surface area (Å²) in [6, 6.07) is 15.3. The van der Waals surface area contributed by atoms with Crippen molar-refractivity contribution in [1.29, 1.82) is 0 Å². The van der Waals surface area contributed by atoms with Crippen LogP contribution in [-0.4, -0.2) is 17.3 Å². The Hall–Kier alpha value is -0.840. The zero-order chi connectivity index (χ0) is 15.2. The highest BCUT2D eigenvalue weighted by Crippen LogP contribution is 2.23. The first-order chi connectivity index (χ1) is 10.1. The summed E-state index contributed by atoms with van der Waals surface area (Å²) in [5, 5.41) is 4.24. The van der Waals surface area contributed by atoms with Gasteiger partial charge in [0.15, 0.2) is 0 Å². The Morgan fingerprint density at radius 1 is 1.19 bits per heavy atom. The number of carbonyl (C=O) groups excluding carboxylic acids is 1. The second-order valence-electron chi connectivity index (χ2n) is 4.64. The summed E-state index contributed by atoms with van der Waals surface area (Å²) < 4.78 is 0.780. The van der Waals surface area contributed by atoms with E-state index in [0.29, 0.717) is 15.9 Å². The average Bonchev–Trinajstić information content (AvgIpc) is 2.50. The molecule has 2 nitrogen and oxygen atoms in total. The maximum Gasteiger partial charge on any atom is 0.251 e. The minimum atomic E-state index is -0.121. The first kappa shape index (κ1) is 16.5. The Labute approximate surface area is 146 Å². The van der Waals surface area contributed by atoms with E-state index in [9.17, 15) is 4.79 Å². The van der Waals surface area contributed by atoms with Crippen LogP contribution >= 0.6 is 43.5 Å². The number of alkyl halides is 1. The lowest BCUT2D eigenvalue weighted by atomic mass is 10.1. The van der Waals surface area contributed by atoms with E-state index in [4.69, 9.17) is 11.6 Å². The van der Waals surface area contributed by atoms with Crippen molar-refractivity contribution in [1.82, 2.24) is 5.32 Å². The fourth-order valence-electron chi connectivity index (χ4n) is 1.95. The number of halogens is 3. The molecular formula is C16H14Br2ClNO. The summed E-state index contributed by atoms with van der Waals surface area (Å²) in [5.74, 6) is -0.121. The topological polar surface area (TPSA) is 29.1 Å². The van der Waals surface area contributed by atoms with Gasteiger partial charge in [0.1, 0.15) is 0 Å². The molecule has 0 aliphatic heterocycles. The van der Waals surface area contributed by atoms with Crippen molar-refractivity contribution in [2.45, 2.75) is 12.5 Å². The molecule has 1 N–H and O–H groups in total. The first-order valence-electron chi connectivity index (χ1n) is 6.46. The summed E-state index contributed by atoms with van der Waals surface area (Å²) in [7, 11) is 0. The van der Waals surface area contributed by atoms with Crippen LogP contribution in [0.2, 0.25) is 5.02 Å². The number of hydrogen-bond acceptors (Lipinski definition) is 1. The molecule has 0 aliphatic rings. The molecule has 0 radical (unpaired) electrons. The minimum Gasteiger partial charge on any atom is -0.348 e. The predicted octanol–water partition coefficient (Wildman–Crippen LogP) is 4.84. The molecule has 0 spiro atoms. The van der Waals surface area contributed by atoms with Gasteiger partial charge in [-0.2, -0.15) is 0 Å². The normalized spacial score (nSPS) is 12.0. The molecule has 1 unspecified atom stereocenters. The molecule has 0 aromatic heterocycles. The summed E-state index contributed by atoms with van der Waals surface area (Å²) in [5.41, 5.74) is 1.75. The molecule has 1 atom stereocenters. The number of amides is 1. The number of carbonyl (C=O) groups is 1. The second kappa shape index (κ2) is 7.97. The van der Waals surface area contributed by atoms with Gasteiger partial charge in [-0.15, -0.1) is 0 Å². The van der Waals surface area contributed by atoms with E-state index >= 15 is 0 Å². The van der Waals surface area contributed by atoms with Crippen LogP contribution in [0.1, 0.15) is 15.9 Å². The Kier molecular flexibility index (Phi) is 6.27. The van der Waals surface area contributed by atoms with Crippen molar-refractivity contribution < 1.29 is 4.79 Å². The molecule has 0 fully saturated rings. The summed E-state index contributed by atoms with van der Waals surface area (Å²) in [6.07, 6.45) is 0.780. The van der Waals surface area contributed by atoms with Gasteiger partial charge in [-0.1, -0.05) is 57.9 Å². The van der Waals surface area contributed by atoms with E-state index in [2.05, 4.69) is 49.3 Å². The standard InChI is InChI=1S/C16H14Br2ClNO/c17-10-13(8-11-4-2-1-3-5-11)20-16(21)12-6-7-14(18)15(19)9-12/h1-7,9,13H,8,10H2,(H,20,21). The van der Waals surface area contributed by atoms with Crippen molar-refractivity contribution in [3.63, 3.8) is 0 Å². The van der Waals surface area contributed by atoms with Crippen LogP contribution in [0.3, 0.4) is 0 Å². The molecular weight excluding hydrogens is 417 g/mol. The van der Waals surface area contributed by atoms with E-state index in [0.717, 1.165) is 10.9 Å². The highest BCUT2D eigenvalue weighted by atomic mass is 79.9. The van der Waals surface area contributed by atoms with E-state index in [1.54, 1.807) is 18.2 Å². The lowest BCUT2D eigenvalue weighted by Gasteiger charge is -2.16. The number of rotatable bonds is 5. The van der Waals surface area contributed by atoms with Crippen molar-refractivity contribution in [2.24, 2.45) is 0 Å². The fourth-order valence-corrected chi connectivity index (χ4v) is 2.77. The maximum atomic E-state index is 12.3. The molecule has 2 aromatic carbocycles. The van der Waals surface area contributed by atoms with E-state index < -0.39 is 0 Å². The lowest BCUT2D eigenvalue weighted by Crippen LogP contribution is -2.37. The van der Waals surface area contributed by atoms with Crippen LogP contribution in [0.15, 0.2) is 53.0 Å². The fraction of sp³-hybridized carbons (Fsp3) is 0.188. The van der Waals surface area contributed by atoms with E-state index in [1.807, 2.05) is 18.2 Å². The third-order valence-electron chi connectivity index (χ3n) is 3.03. The van der Waals surface area contributed by atoms with Crippen LogP contribution in [-0.2, 0) is 6.42 Å². The molecule has 0 saturated heterocycles. The van der Waals surface area contributed by atoms with Crippen molar-refractivity contribution in [3.8, 4) is 0 Å². The molecule has 5 heteroatoms. The van der Waals surface area contributed by atoms with Crippen LogP contribution in [0.25, 0.3) is 0 Å². The smallest absolute Gasteiger partial charge is 0.251 e. The van der Waals surface area contributed by atoms with Gasteiger partial charge in [-0.05, 0) is 46.1 Å². The van der Waals surface area contributed by atoms with Crippen LogP contribution in [0.5, 0.6) is 0 Å². The third kappa shape index (κ3) is 4.83. The van der Waals surface area contributed by atoms with Crippen molar-refractivity contribution in [2.75, 3.05) is 5.33 Å².